The molecular weight excluding hydrogens is 391 g/mol. The molecule has 1 aromatic heterocycles. The minimum Gasteiger partial charge on any atom is -0.266 e. The second-order valence-corrected chi connectivity index (χ2v) is 7.60. The van der Waals surface area contributed by atoms with Crippen LogP contribution in [0.2, 0.25) is 5.02 Å². The van der Waals surface area contributed by atoms with Gasteiger partial charge in [-0.2, -0.15) is 5.01 Å². The van der Waals surface area contributed by atoms with Crippen molar-refractivity contribution in [1.82, 2.24) is 10.4 Å². The molecule has 1 N–H and O–H groups in total. The van der Waals surface area contributed by atoms with E-state index in [1.54, 1.807) is 17.5 Å². The number of carbonyl (C=O) groups excluding carboxylic acids is 2. The molecule has 0 aliphatic carbocycles. The summed E-state index contributed by atoms with van der Waals surface area (Å²) in [6.45, 7) is 0. The van der Waals surface area contributed by atoms with Crippen molar-refractivity contribution < 1.29 is 14.0 Å². The smallest absolute Gasteiger partial charge is 0.266 e. The van der Waals surface area contributed by atoms with Gasteiger partial charge in [-0.3, -0.25) is 15.0 Å². The molecule has 0 saturated carbocycles. The molecule has 9 heteroatoms. The van der Waals surface area contributed by atoms with Crippen molar-refractivity contribution in [2.24, 2.45) is 0 Å². The van der Waals surface area contributed by atoms with Crippen LogP contribution < -0.4 is 5.43 Å². The van der Waals surface area contributed by atoms with Gasteiger partial charge in [0.05, 0.1) is 14.8 Å². The number of halogens is 2. The fourth-order valence-electron chi connectivity index (χ4n) is 1.91. The number of rotatable bonds is 3. The Bertz CT molecular complexity index is 847. The van der Waals surface area contributed by atoms with E-state index in [2.05, 4.69) is 5.43 Å². The molecule has 1 fully saturated rings. The third-order valence-corrected chi connectivity index (χ3v) is 5.53. The van der Waals surface area contributed by atoms with E-state index >= 15 is 0 Å². The number of nitrogens with one attached hydrogen (secondary N) is 1. The van der Waals surface area contributed by atoms with E-state index in [-0.39, 0.29) is 19.8 Å². The average molecular weight is 399 g/mol. The summed E-state index contributed by atoms with van der Waals surface area (Å²) in [5.41, 5.74) is 2.55. The molecule has 2 amide bonds. The second-order valence-electron chi connectivity index (χ2n) is 4.57. The lowest BCUT2D eigenvalue weighted by molar-refractivity contribution is -0.123. The molecule has 4 nitrogen and oxygen atoms in total. The molecule has 2 heterocycles. The van der Waals surface area contributed by atoms with E-state index in [4.69, 9.17) is 23.8 Å². The SMILES string of the molecule is O=C(NN1C(=O)/C(=C/c2c(F)cccc2Cl)SC1=S)c1cccs1. The van der Waals surface area contributed by atoms with Crippen molar-refractivity contribution >= 4 is 69.1 Å². The highest BCUT2D eigenvalue weighted by atomic mass is 35.5. The first-order valence-electron chi connectivity index (χ1n) is 6.54. The summed E-state index contributed by atoms with van der Waals surface area (Å²) < 4.78 is 14.0. The van der Waals surface area contributed by atoms with Gasteiger partial charge in [-0.15, -0.1) is 11.3 Å². The molecule has 0 radical (unpaired) electrons. The first kappa shape index (κ1) is 17.1. The van der Waals surface area contributed by atoms with Gasteiger partial charge in [-0.1, -0.05) is 35.5 Å². The molecule has 2 aromatic rings. The van der Waals surface area contributed by atoms with E-state index in [1.807, 2.05) is 0 Å². The van der Waals surface area contributed by atoms with E-state index in [0.29, 0.717) is 4.88 Å². The Kier molecular flexibility index (Phi) is 5.00. The number of thiocarbonyl (C=S) groups is 1. The van der Waals surface area contributed by atoms with Crippen molar-refractivity contribution in [3.8, 4) is 0 Å². The molecular formula is C15H8ClFN2O2S3. The van der Waals surface area contributed by atoms with Gasteiger partial charge in [0.1, 0.15) is 5.82 Å². The Labute approximate surface area is 155 Å². The summed E-state index contributed by atoms with van der Waals surface area (Å²) in [6, 6.07) is 7.60. The molecule has 0 bridgehead atoms. The molecule has 122 valence electrons. The Morgan fingerprint density at radius 3 is 2.79 bits per heavy atom. The summed E-state index contributed by atoms with van der Waals surface area (Å²) in [7, 11) is 0. The number of hydrazine groups is 1. The largest absolute Gasteiger partial charge is 0.285 e. The lowest BCUT2D eigenvalue weighted by Crippen LogP contribution is -2.44. The molecule has 1 aliphatic rings. The molecule has 1 aromatic carbocycles. The van der Waals surface area contributed by atoms with E-state index in [9.17, 15) is 14.0 Å². The van der Waals surface area contributed by atoms with Gasteiger partial charge < -0.3 is 0 Å². The van der Waals surface area contributed by atoms with Crippen LogP contribution in [0.1, 0.15) is 15.2 Å². The predicted molar refractivity (Wildman–Crippen MR) is 98.2 cm³/mol. The average Bonchev–Trinajstić information content (AvgIpc) is 3.16. The Balaban J connectivity index is 1.84. The number of carbonyl (C=O) groups is 2. The van der Waals surface area contributed by atoms with Crippen LogP contribution >= 0.6 is 46.9 Å². The Morgan fingerprint density at radius 1 is 1.33 bits per heavy atom. The highest BCUT2D eigenvalue weighted by Gasteiger charge is 2.34. The van der Waals surface area contributed by atoms with E-state index in [1.165, 1.54) is 35.6 Å². The Morgan fingerprint density at radius 2 is 2.12 bits per heavy atom. The Hall–Kier alpha value is -1.74. The highest BCUT2D eigenvalue weighted by Crippen LogP contribution is 2.33. The molecule has 1 aliphatic heterocycles. The van der Waals surface area contributed by atoms with Crippen molar-refractivity contribution in [2.45, 2.75) is 0 Å². The maximum atomic E-state index is 13.9. The number of benzene rings is 1. The maximum Gasteiger partial charge on any atom is 0.285 e. The lowest BCUT2D eigenvalue weighted by atomic mass is 10.2. The van der Waals surface area contributed by atoms with Crippen molar-refractivity contribution in [2.75, 3.05) is 0 Å². The molecule has 24 heavy (non-hydrogen) atoms. The van der Waals surface area contributed by atoms with Crippen LogP contribution in [0, 0.1) is 5.82 Å². The number of hydrogen-bond donors (Lipinski definition) is 1. The zero-order valence-electron chi connectivity index (χ0n) is 11.8. The van der Waals surface area contributed by atoms with Gasteiger partial charge in [0.15, 0.2) is 4.32 Å². The van der Waals surface area contributed by atoms with Crippen molar-refractivity contribution in [1.29, 1.82) is 0 Å². The number of amides is 2. The summed E-state index contributed by atoms with van der Waals surface area (Å²) >= 11 is 13.3. The minimum atomic E-state index is -0.546. The first-order chi connectivity index (χ1) is 11.5. The van der Waals surface area contributed by atoms with Crippen LogP contribution in [0.3, 0.4) is 0 Å². The van der Waals surface area contributed by atoms with Crippen molar-refractivity contribution in [3.63, 3.8) is 0 Å². The van der Waals surface area contributed by atoms with Crippen molar-refractivity contribution in [3.05, 3.63) is 61.9 Å². The second kappa shape index (κ2) is 7.02. The zero-order chi connectivity index (χ0) is 17.3. The summed E-state index contributed by atoms with van der Waals surface area (Å²) in [6.07, 6.45) is 1.33. The first-order valence-corrected chi connectivity index (χ1v) is 9.02. The number of nitrogens with zero attached hydrogens (tertiary/aromatic N) is 1. The van der Waals surface area contributed by atoms with Crippen LogP contribution in [0.25, 0.3) is 6.08 Å². The fourth-order valence-corrected chi connectivity index (χ4v) is 3.90. The van der Waals surface area contributed by atoms with Crippen LogP contribution in [0.5, 0.6) is 0 Å². The third-order valence-electron chi connectivity index (χ3n) is 3.03. The number of thiophene rings is 1. The molecule has 0 spiro atoms. The minimum absolute atomic E-state index is 0.101. The van der Waals surface area contributed by atoms with Crippen LogP contribution in [0.4, 0.5) is 4.39 Å². The highest BCUT2D eigenvalue weighted by molar-refractivity contribution is 8.26. The summed E-state index contributed by atoms with van der Waals surface area (Å²) in [5, 5.41) is 2.91. The molecule has 0 atom stereocenters. The summed E-state index contributed by atoms with van der Waals surface area (Å²) in [5.74, 6) is -1.52. The number of thioether (sulfide) groups is 1. The van der Waals surface area contributed by atoms with Gasteiger partial charge >= 0.3 is 0 Å². The van der Waals surface area contributed by atoms with Crippen LogP contribution in [-0.4, -0.2) is 21.1 Å². The van der Waals surface area contributed by atoms with Crippen LogP contribution in [-0.2, 0) is 4.79 Å². The van der Waals surface area contributed by atoms with Gasteiger partial charge in [0, 0.05) is 5.56 Å². The standard InChI is InChI=1S/C15H8ClFN2O2S3/c16-9-3-1-4-10(17)8(9)7-12-14(21)19(15(22)24-12)18-13(20)11-5-2-6-23-11/h1-7H,(H,18,20)/b12-7-. The lowest BCUT2D eigenvalue weighted by Gasteiger charge is -2.14. The number of hydrogen-bond acceptors (Lipinski definition) is 5. The van der Waals surface area contributed by atoms with Gasteiger partial charge in [0.25, 0.3) is 11.8 Å². The van der Waals surface area contributed by atoms with E-state index in [0.717, 1.165) is 16.8 Å². The molecule has 0 unspecified atom stereocenters. The molecule has 3 rings (SSSR count). The van der Waals surface area contributed by atoms with E-state index < -0.39 is 17.6 Å². The quantitative estimate of drug-likeness (QED) is 0.625. The fraction of sp³-hybridized carbons (Fsp3) is 0. The van der Waals surface area contributed by atoms with Gasteiger partial charge in [-0.25, -0.2) is 4.39 Å². The topological polar surface area (TPSA) is 49.4 Å². The van der Waals surface area contributed by atoms with Crippen LogP contribution in [0.15, 0.2) is 40.6 Å². The zero-order valence-corrected chi connectivity index (χ0v) is 15.0. The summed E-state index contributed by atoms with van der Waals surface area (Å²) in [4.78, 5) is 25.1. The predicted octanol–water partition coefficient (Wildman–Crippen LogP) is 4.09. The maximum absolute atomic E-state index is 13.9. The third kappa shape index (κ3) is 3.36. The normalized spacial score (nSPS) is 16.1. The molecule has 1 saturated heterocycles. The monoisotopic (exact) mass is 398 g/mol. The van der Waals surface area contributed by atoms with Gasteiger partial charge in [0.2, 0.25) is 0 Å². The van der Waals surface area contributed by atoms with Gasteiger partial charge in [-0.05, 0) is 41.9 Å².